The summed E-state index contributed by atoms with van der Waals surface area (Å²) in [7, 11) is 0. The fourth-order valence-corrected chi connectivity index (χ4v) is 2.02. The van der Waals surface area contributed by atoms with Crippen LogP contribution in [0.25, 0.3) is 0 Å². The van der Waals surface area contributed by atoms with E-state index in [0.717, 1.165) is 6.54 Å². The Bertz CT molecular complexity index is 542. The van der Waals surface area contributed by atoms with Gasteiger partial charge in [-0.25, -0.2) is 4.79 Å². The highest BCUT2D eigenvalue weighted by atomic mass is 16.5. The monoisotopic (exact) mass is 285 g/mol. The number of ether oxygens (including phenoxy) is 1. The van der Waals surface area contributed by atoms with Gasteiger partial charge >= 0.3 is 5.97 Å². The van der Waals surface area contributed by atoms with Crippen LogP contribution in [-0.2, 0) is 16.1 Å². The molecule has 4 heteroatoms. The minimum Gasteiger partial charge on any atom is -0.479 e. The average molecular weight is 285 g/mol. The molecule has 0 aliphatic rings. The first kappa shape index (κ1) is 15.2. The zero-order chi connectivity index (χ0) is 14.9. The summed E-state index contributed by atoms with van der Waals surface area (Å²) in [5.74, 6) is -0.968. The summed E-state index contributed by atoms with van der Waals surface area (Å²) in [4.78, 5) is 11.2. The molecule has 2 N–H and O–H groups in total. The van der Waals surface area contributed by atoms with Gasteiger partial charge in [0.25, 0.3) is 0 Å². The van der Waals surface area contributed by atoms with Crippen LogP contribution >= 0.6 is 0 Å². The Labute approximate surface area is 124 Å². The molecule has 0 heterocycles. The molecule has 0 aliphatic carbocycles. The molecule has 1 atom stereocenters. The molecule has 0 radical (unpaired) electrons. The van der Waals surface area contributed by atoms with Crippen molar-refractivity contribution in [1.29, 1.82) is 0 Å². The third kappa shape index (κ3) is 5.02. The average Bonchev–Trinajstić information content (AvgIpc) is 2.52. The van der Waals surface area contributed by atoms with E-state index < -0.39 is 12.1 Å². The normalized spacial score (nSPS) is 12.0. The fraction of sp³-hybridized carbons (Fsp3) is 0.235. The largest absolute Gasteiger partial charge is 0.479 e. The van der Waals surface area contributed by atoms with E-state index in [4.69, 9.17) is 4.74 Å². The number of carbonyl (C=O) groups is 1. The quantitative estimate of drug-likeness (QED) is 0.732. The third-order valence-corrected chi connectivity index (χ3v) is 3.06. The molecule has 0 spiro atoms. The summed E-state index contributed by atoms with van der Waals surface area (Å²) in [6.45, 7) is 1.69. The molecular formula is C17H19NO3. The molecule has 0 saturated heterocycles. The Morgan fingerprint density at radius 1 is 1.05 bits per heavy atom. The van der Waals surface area contributed by atoms with Crippen molar-refractivity contribution in [3.63, 3.8) is 0 Å². The first-order chi connectivity index (χ1) is 10.3. The Kier molecular flexibility index (Phi) is 5.94. The predicted molar refractivity (Wildman–Crippen MR) is 80.9 cm³/mol. The summed E-state index contributed by atoms with van der Waals surface area (Å²) in [6, 6.07) is 19.0. The van der Waals surface area contributed by atoms with Crippen molar-refractivity contribution in [1.82, 2.24) is 5.32 Å². The van der Waals surface area contributed by atoms with E-state index in [1.54, 1.807) is 12.1 Å². The highest BCUT2D eigenvalue weighted by Crippen LogP contribution is 2.16. The van der Waals surface area contributed by atoms with Crippen LogP contribution in [0.2, 0.25) is 0 Å². The Morgan fingerprint density at radius 2 is 1.67 bits per heavy atom. The summed E-state index contributed by atoms with van der Waals surface area (Å²) in [6.07, 6.45) is -0.912. The maximum Gasteiger partial charge on any atom is 0.337 e. The van der Waals surface area contributed by atoms with E-state index in [1.807, 2.05) is 48.5 Å². The minimum absolute atomic E-state index is 0.346. The summed E-state index contributed by atoms with van der Waals surface area (Å²) in [5.41, 5.74) is 1.85. The number of hydrogen-bond acceptors (Lipinski definition) is 3. The number of aliphatic carboxylic acids is 1. The molecule has 1 unspecified atom stereocenters. The lowest BCUT2D eigenvalue weighted by atomic mass is 10.1. The minimum atomic E-state index is -0.968. The smallest absolute Gasteiger partial charge is 0.337 e. The second-order valence-electron chi connectivity index (χ2n) is 4.66. The van der Waals surface area contributed by atoms with E-state index in [1.165, 1.54) is 5.56 Å². The summed E-state index contributed by atoms with van der Waals surface area (Å²) >= 11 is 0. The summed E-state index contributed by atoms with van der Waals surface area (Å²) in [5, 5.41) is 12.4. The molecule has 110 valence electrons. The molecule has 0 amide bonds. The molecule has 4 nitrogen and oxygen atoms in total. The van der Waals surface area contributed by atoms with Gasteiger partial charge in [-0.2, -0.15) is 0 Å². The van der Waals surface area contributed by atoms with Crippen molar-refractivity contribution < 1.29 is 14.6 Å². The van der Waals surface area contributed by atoms with E-state index in [-0.39, 0.29) is 0 Å². The van der Waals surface area contributed by atoms with Crippen LogP contribution in [0.5, 0.6) is 0 Å². The van der Waals surface area contributed by atoms with Crippen LogP contribution < -0.4 is 5.32 Å². The number of nitrogens with one attached hydrogen (secondary N) is 1. The zero-order valence-electron chi connectivity index (χ0n) is 11.7. The molecule has 0 aliphatic heterocycles. The van der Waals surface area contributed by atoms with Gasteiger partial charge in [0.2, 0.25) is 0 Å². The third-order valence-electron chi connectivity index (χ3n) is 3.06. The van der Waals surface area contributed by atoms with E-state index in [0.29, 0.717) is 18.7 Å². The van der Waals surface area contributed by atoms with Gasteiger partial charge in [0.15, 0.2) is 6.10 Å². The number of benzene rings is 2. The number of carboxylic acid groups (broad SMARTS) is 1. The van der Waals surface area contributed by atoms with Gasteiger partial charge in [-0.15, -0.1) is 0 Å². The highest BCUT2D eigenvalue weighted by Gasteiger charge is 2.19. The topological polar surface area (TPSA) is 58.6 Å². The first-order valence-electron chi connectivity index (χ1n) is 6.91. The van der Waals surface area contributed by atoms with Crippen molar-refractivity contribution in [2.45, 2.75) is 12.6 Å². The van der Waals surface area contributed by atoms with Gasteiger partial charge in [-0.05, 0) is 11.1 Å². The zero-order valence-corrected chi connectivity index (χ0v) is 11.7. The van der Waals surface area contributed by atoms with Crippen LogP contribution in [0.1, 0.15) is 17.2 Å². The van der Waals surface area contributed by atoms with Crippen LogP contribution in [0.4, 0.5) is 0 Å². The van der Waals surface area contributed by atoms with Crippen LogP contribution in [0.15, 0.2) is 60.7 Å². The van der Waals surface area contributed by atoms with Gasteiger partial charge in [-0.1, -0.05) is 60.7 Å². The Morgan fingerprint density at radius 3 is 2.29 bits per heavy atom. The fourth-order valence-electron chi connectivity index (χ4n) is 2.02. The van der Waals surface area contributed by atoms with E-state index >= 15 is 0 Å². The molecule has 0 saturated carbocycles. The molecule has 0 fully saturated rings. The molecule has 2 aromatic carbocycles. The highest BCUT2D eigenvalue weighted by molar-refractivity contribution is 5.74. The molecule has 2 aromatic rings. The molecular weight excluding hydrogens is 266 g/mol. The second kappa shape index (κ2) is 8.19. The van der Waals surface area contributed by atoms with Crippen LogP contribution in [0, 0.1) is 0 Å². The molecule has 21 heavy (non-hydrogen) atoms. The van der Waals surface area contributed by atoms with Crippen LogP contribution in [-0.4, -0.2) is 24.2 Å². The number of carboxylic acids is 1. The van der Waals surface area contributed by atoms with Crippen molar-refractivity contribution in [2.75, 3.05) is 13.2 Å². The predicted octanol–water partition coefficient (Wildman–Crippen LogP) is 2.62. The SMILES string of the molecule is O=C(O)C(OCCNCc1ccccc1)c1ccccc1. The van der Waals surface area contributed by atoms with E-state index in [9.17, 15) is 9.90 Å². The van der Waals surface area contributed by atoms with Crippen molar-refractivity contribution >= 4 is 5.97 Å². The maximum absolute atomic E-state index is 11.2. The van der Waals surface area contributed by atoms with Gasteiger partial charge < -0.3 is 15.2 Å². The molecule has 0 aromatic heterocycles. The number of rotatable bonds is 8. The first-order valence-corrected chi connectivity index (χ1v) is 6.91. The van der Waals surface area contributed by atoms with Gasteiger partial charge in [0.1, 0.15) is 0 Å². The van der Waals surface area contributed by atoms with Crippen molar-refractivity contribution in [2.24, 2.45) is 0 Å². The van der Waals surface area contributed by atoms with Crippen molar-refractivity contribution in [3.05, 3.63) is 71.8 Å². The summed E-state index contributed by atoms with van der Waals surface area (Å²) < 4.78 is 5.47. The van der Waals surface area contributed by atoms with Crippen LogP contribution in [0.3, 0.4) is 0 Å². The van der Waals surface area contributed by atoms with Gasteiger partial charge in [0.05, 0.1) is 6.61 Å². The second-order valence-corrected chi connectivity index (χ2v) is 4.66. The van der Waals surface area contributed by atoms with Crippen molar-refractivity contribution in [3.8, 4) is 0 Å². The Balaban J connectivity index is 1.74. The van der Waals surface area contributed by atoms with Gasteiger partial charge in [0, 0.05) is 13.1 Å². The lowest BCUT2D eigenvalue weighted by molar-refractivity contribution is -0.150. The lowest BCUT2D eigenvalue weighted by Crippen LogP contribution is -2.23. The molecule has 2 rings (SSSR count). The standard InChI is InChI=1S/C17H19NO3/c19-17(20)16(15-9-5-2-6-10-15)21-12-11-18-13-14-7-3-1-4-8-14/h1-10,16,18H,11-13H2,(H,19,20). The van der Waals surface area contributed by atoms with Gasteiger partial charge in [-0.3, -0.25) is 0 Å². The van der Waals surface area contributed by atoms with E-state index in [2.05, 4.69) is 5.32 Å². The maximum atomic E-state index is 11.2. The molecule has 0 bridgehead atoms. The Hall–Kier alpha value is -2.17. The lowest BCUT2D eigenvalue weighted by Gasteiger charge is -2.14. The number of hydrogen-bond donors (Lipinski definition) is 2.